The second kappa shape index (κ2) is 12.4. The van der Waals surface area contributed by atoms with Crippen LogP contribution in [-0.4, -0.2) is 19.9 Å². The Hall–Kier alpha value is -7.04. The second-order valence-electron chi connectivity index (χ2n) is 13.1. The Bertz CT molecular complexity index is 2890. The molecule has 3 heterocycles. The molecular formula is C48H30N4. The predicted octanol–water partition coefficient (Wildman–Crippen LogP) is 12.2. The lowest BCUT2D eigenvalue weighted by molar-refractivity contribution is 1.18. The average molecular weight is 663 g/mol. The first kappa shape index (κ1) is 29.8. The van der Waals surface area contributed by atoms with Crippen LogP contribution in [0.25, 0.3) is 99.7 Å². The highest BCUT2D eigenvalue weighted by Gasteiger charge is 2.17. The summed E-state index contributed by atoms with van der Waals surface area (Å²) in [6.45, 7) is 0. The quantitative estimate of drug-likeness (QED) is 0.166. The molecule has 0 aliphatic rings. The zero-order valence-corrected chi connectivity index (χ0v) is 28.1. The van der Waals surface area contributed by atoms with E-state index in [9.17, 15) is 0 Å². The van der Waals surface area contributed by atoms with Crippen LogP contribution in [0.4, 0.5) is 0 Å². The molecule has 0 aliphatic carbocycles. The lowest BCUT2D eigenvalue weighted by Gasteiger charge is -2.17. The van der Waals surface area contributed by atoms with E-state index in [4.69, 9.17) is 9.97 Å². The van der Waals surface area contributed by atoms with Crippen molar-refractivity contribution in [3.05, 3.63) is 182 Å². The van der Waals surface area contributed by atoms with Crippen molar-refractivity contribution in [2.24, 2.45) is 0 Å². The Morgan fingerprint density at radius 3 is 1.62 bits per heavy atom. The van der Waals surface area contributed by atoms with Crippen LogP contribution in [-0.2, 0) is 0 Å². The van der Waals surface area contributed by atoms with Gasteiger partial charge in [-0.3, -0.25) is 9.97 Å². The van der Waals surface area contributed by atoms with E-state index in [1.807, 2.05) is 48.8 Å². The molecule has 0 atom stereocenters. The summed E-state index contributed by atoms with van der Waals surface area (Å²) >= 11 is 0. The van der Waals surface area contributed by atoms with E-state index in [-0.39, 0.29) is 0 Å². The lowest BCUT2D eigenvalue weighted by atomic mass is 9.87. The molecule has 0 radical (unpaired) electrons. The third-order valence-corrected chi connectivity index (χ3v) is 9.98. The molecule has 4 heteroatoms. The average Bonchev–Trinajstić information content (AvgIpc) is 3.23. The van der Waals surface area contributed by atoms with Crippen molar-refractivity contribution in [3.63, 3.8) is 0 Å². The molecule has 0 saturated carbocycles. The lowest BCUT2D eigenvalue weighted by Crippen LogP contribution is -1.97. The molecule has 0 saturated heterocycles. The van der Waals surface area contributed by atoms with Crippen LogP contribution in [0.5, 0.6) is 0 Å². The van der Waals surface area contributed by atoms with Gasteiger partial charge in [0.25, 0.3) is 0 Å². The van der Waals surface area contributed by atoms with Gasteiger partial charge >= 0.3 is 0 Å². The van der Waals surface area contributed by atoms with Crippen LogP contribution in [0.2, 0.25) is 0 Å². The standard InChI is InChI=1S/C48H30N4/c1-2-9-31(10-3-1)39-21-17-32-20-24-42-40(22-18-33-19-23-41(39)46(32)47(33)42)34-11-6-14-37(27-34)48-51-44(29-45(52-48)38-15-8-25-49-30-38)36-13-7-12-35(28-36)43-16-4-5-26-50-43/h1-30H. The predicted molar refractivity (Wildman–Crippen MR) is 214 cm³/mol. The van der Waals surface area contributed by atoms with Gasteiger partial charge in [-0.05, 0) is 97.0 Å². The molecule has 4 nitrogen and oxygen atoms in total. The zero-order valence-electron chi connectivity index (χ0n) is 28.1. The van der Waals surface area contributed by atoms with Gasteiger partial charge in [-0.2, -0.15) is 0 Å². The molecule has 10 rings (SSSR count). The van der Waals surface area contributed by atoms with E-state index in [0.29, 0.717) is 5.82 Å². The first-order valence-electron chi connectivity index (χ1n) is 17.4. The third-order valence-electron chi connectivity index (χ3n) is 9.98. The molecule has 0 aliphatic heterocycles. The highest BCUT2D eigenvalue weighted by atomic mass is 14.9. The van der Waals surface area contributed by atoms with Crippen molar-refractivity contribution in [2.45, 2.75) is 0 Å². The fourth-order valence-electron chi connectivity index (χ4n) is 7.51. The highest BCUT2D eigenvalue weighted by Crippen LogP contribution is 2.42. The van der Waals surface area contributed by atoms with E-state index in [2.05, 4.69) is 137 Å². The smallest absolute Gasteiger partial charge is 0.160 e. The summed E-state index contributed by atoms with van der Waals surface area (Å²) in [4.78, 5) is 19.3. The van der Waals surface area contributed by atoms with E-state index in [1.54, 1.807) is 6.20 Å². The number of aromatic nitrogens is 4. The van der Waals surface area contributed by atoms with Gasteiger partial charge in [0.2, 0.25) is 0 Å². The van der Waals surface area contributed by atoms with E-state index < -0.39 is 0 Å². The van der Waals surface area contributed by atoms with Crippen LogP contribution >= 0.6 is 0 Å². The minimum atomic E-state index is 0.659. The van der Waals surface area contributed by atoms with E-state index >= 15 is 0 Å². The number of nitrogens with zero attached hydrogens (tertiary/aromatic N) is 4. The molecule has 0 N–H and O–H groups in total. The summed E-state index contributed by atoms with van der Waals surface area (Å²) in [5.41, 5.74) is 11.3. The third kappa shape index (κ3) is 5.17. The minimum Gasteiger partial charge on any atom is -0.264 e. The Kier molecular flexibility index (Phi) is 7.10. The molecule has 10 aromatic rings. The maximum atomic E-state index is 5.18. The molecule has 242 valence electrons. The van der Waals surface area contributed by atoms with Gasteiger partial charge in [-0.1, -0.05) is 121 Å². The Labute approximate surface area is 301 Å². The maximum absolute atomic E-state index is 5.18. The van der Waals surface area contributed by atoms with Gasteiger partial charge in [0.1, 0.15) is 0 Å². The largest absolute Gasteiger partial charge is 0.264 e. The number of rotatable bonds is 6. The van der Waals surface area contributed by atoms with Crippen molar-refractivity contribution in [2.75, 3.05) is 0 Å². The normalized spacial score (nSPS) is 11.5. The summed E-state index contributed by atoms with van der Waals surface area (Å²) in [5.74, 6) is 0.659. The first-order chi connectivity index (χ1) is 25.8. The van der Waals surface area contributed by atoms with Crippen molar-refractivity contribution >= 4 is 32.3 Å². The van der Waals surface area contributed by atoms with Crippen LogP contribution in [0.3, 0.4) is 0 Å². The fourth-order valence-corrected chi connectivity index (χ4v) is 7.51. The van der Waals surface area contributed by atoms with Crippen molar-refractivity contribution in [1.82, 2.24) is 19.9 Å². The molecule has 0 amide bonds. The van der Waals surface area contributed by atoms with Gasteiger partial charge in [0.15, 0.2) is 5.82 Å². The van der Waals surface area contributed by atoms with Crippen LogP contribution < -0.4 is 0 Å². The van der Waals surface area contributed by atoms with Crippen LogP contribution in [0.15, 0.2) is 182 Å². The highest BCUT2D eigenvalue weighted by molar-refractivity contribution is 6.27. The number of pyridine rings is 2. The molecule has 0 unspecified atom stereocenters. The summed E-state index contributed by atoms with van der Waals surface area (Å²) in [7, 11) is 0. The Morgan fingerprint density at radius 1 is 0.346 bits per heavy atom. The monoisotopic (exact) mass is 662 g/mol. The molecule has 7 aromatic carbocycles. The Morgan fingerprint density at radius 2 is 0.923 bits per heavy atom. The fraction of sp³-hybridized carbons (Fsp3) is 0. The number of benzene rings is 7. The van der Waals surface area contributed by atoms with E-state index in [0.717, 1.165) is 44.9 Å². The van der Waals surface area contributed by atoms with Gasteiger partial charge in [-0.25, -0.2) is 9.97 Å². The second-order valence-corrected chi connectivity index (χ2v) is 13.1. The first-order valence-corrected chi connectivity index (χ1v) is 17.4. The van der Waals surface area contributed by atoms with Crippen LogP contribution in [0, 0.1) is 0 Å². The summed E-state index contributed by atoms with van der Waals surface area (Å²) in [6, 6.07) is 57.8. The number of hydrogen-bond acceptors (Lipinski definition) is 4. The molecule has 0 bridgehead atoms. The van der Waals surface area contributed by atoms with Crippen LogP contribution in [0.1, 0.15) is 0 Å². The van der Waals surface area contributed by atoms with Crippen molar-refractivity contribution < 1.29 is 0 Å². The molecule has 52 heavy (non-hydrogen) atoms. The number of hydrogen-bond donors (Lipinski definition) is 0. The van der Waals surface area contributed by atoms with Crippen molar-refractivity contribution in [1.29, 1.82) is 0 Å². The zero-order chi connectivity index (χ0) is 34.4. The summed E-state index contributed by atoms with van der Waals surface area (Å²) in [5, 5.41) is 7.59. The Balaban J connectivity index is 1.13. The van der Waals surface area contributed by atoms with E-state index in [1.165, 1.54) is 49.0 Å². The molecule has 0 fully saturated rings. The summed E-state index contributed by atoms with van der Waals surface area (Å²) in [6.07, 6.45) is 5.46. The minimum absolute atomic E-state index is 0.659. The SMILES string of the molecule is c1ccc(-c2ccc3ccc4c(-c5cccc(-c6nc(-c7cccnc7)cc(-c7cccc(-c8ccccn8)c7)n6)c5)ccc5ccc2c3c54)cc1. The molecule has 3 aromatic heterocycles. The van der Waals surface area contributed by atoms with Gasteiger partial charge < -0.3 is 0 Å². The maximum Gasteiger partial charge on any atom is 0.160 e. The van der Waals surface area contributed by atoms with Gasteiger partial charge in [0, 0.05) is 40.8 Å². The van der Waals surface area contributed by atoms with Gasteiger partial charge in [-0.15, -0.1) is 0 Å². The molecule has 0 spiro atoms. The van der Waals surface area contributed by atoms with Crippen molar-refractivity contribution in [3.8, 4) is 67.4 Å². The van der Waals surface area contributed by atoms with Gasteiger partial charge in [0.05, 0.1) is 17.1 Å². The molecular weight excluding hydrogens is 633 g/mol. The summed E-state index contributed by atoms with van der Waals surface area (Å²) < 4.78 is 0. The topological polar surface area (TPSA) is 51.6 Å².